The summed E-state index contributed by atoms with van der Waals surface area (Å²) in [5.41, 5.74) is 5.70. The molecule has 1 fully saturated rings. The van der Waals surface area contributed by atoms with E-state index in [4.69, 9.17) is 5.73 Å². The minimum atomic E-state index is -4.50. The molecule has 1 aromatic rings. The Morgan fingerprint density at radius 1 is 1.38 bits per heavy atom. The number of aromatic nitrogens is 1. The summed E-state index contributed by atoms with van der Waals surface area (Å²) in [5, 5.41) is 4.25. The van der Waals surface area contributed by atoms with Crippen LogP contribution in [0.15, 0.2) is 18.3 Å². The minimum absolute atomic E-state index is 0.162. The Morgan fingerprint density at radius 2 is 2.10 bits per heavy atom. The van der Waals surface area contributed by atoms with E-state index in [0.717, 1.165) is 0 Å². The van der Waals surface area contributed by atoms with Crippen molar-refractivity contribution in [3.63, 3.8) is 0 Å². The molecule has 2 unspecified atom stereocenters. The summed E-state index contributed by atoms with van der Waals surface area (Å²) < 4.78 is 37.5. The zero-order chi connectivity index (χ0) is 15.6. The van der Waals surface area contributed by atoms with Gasteiger partial charge in [0.05, 0.1) is 11.9 Å². The van der Waals surface area contributed by atoms with E-state index in [-0.39, 0.29) is 18.7 Å². The van der Waals surface area contributed by atoms with Gasteiger partial charge in [0.2, 0.25) is 11.8 Å². The Kier molecular flexibility index (Phi) is 4.01. The van der Waals surface area contributed by atoms with Gasteiger partial charge in [-0.25, -0.2) is 4.98 Å². The van der Waals surface area contributed by atoms with Gasteiger partial charge in [0.25, 0.3) is 0 Å². The first-order chi connectivity index (χ1) is 9.77. The van der Waals surface area contributed by atoms with E-state index < -0.39 is 30.0 Å². The molecule has 0 aromatic carbocycles. The Morgan fingerprint density at radius 3 is 2.62 bits per heavy atom. The monoisotopic (exact) mass is 302 g/mol. The molecule has 1 saturated heterocycles. The largest absolute Gasteiger partial charge is 0.408 e. The van der Waals surface area contributed by atoms with Crippen LogP contribution in [0, 0.1) is 5.92 Å². The fourth-order valence-electron chi connectivity index (χ4n) is 2.01. The summed E-state index contributed by atoms with van der Waals surface area (Å²) in [4.78, 5) is 27.3. The molecule has 0 saturated carbocycles. The molecule has 1 aromatic heterocycles. The molecule has 0 spiro atoms. The number of halogens is 3. The normalized spacial score (nSPS) is 22.5. The number of hydrogen-bond donors (Lipinski definition) is 3. The van der Waals surface area contributed by atoms with Gasteiger partial charge in [-0.05, 0) is 25.0 Å². The van der Waals surface area contributed by atoms with Crippen molar-refractivity contribution in [1.29, 1.82) is 0 Å². The number of nitrogen functional groups attached to an aromatic ring is 1. The predicted octanol–water partition coefficient (Wildman–Crippen LogP) is 1.06. The lowest BCUT2D eigenvalue weighted by Crippen LogP contribution is -2.53. The molecule has 6 nitrogen and oxygen atoms in total. The van der Waals surface area contributed by atoms with Crippen molar-refractivity contribution < 1.29 is 22.8 Å². The quantitative estimate of drug-likeness (QED) is 0.712. The second kappa shape index (κ2) is 5.58. The van der Waals surface area contributed by atoms with Gasteiger partial charge in [-0.15, -0.1) is 0 Å². The molecule has 2 atom stereocenters. The molecule has 114 valence electrons. The van der Waals surface area contributed by atoms with Crippen LogP contribution in [0.2, 0.25) is 0 Å². The fraction of sp³-hybridized carbons (Fsp3) is 0.417. The smallest absolute Gasteiger partial charge is 0.384 e. The van der Waals surface area contributed by atoms with Gasteiger partial charge in [0.1, 0.15) is 17.8 Å². The second-order valence-corrected chi connectivity index (χ2v) is 4.69. The lowest BCUT2D eigenvalue weighted by atomic mass is 9.93. The number of anilines is 2. The van der Waals surface area contributed by atoms with Gasteiger partial charge in [-0.3, -0.25) is 9.59 Å². The number of rotatable bonds is 2. The Bertz CT molecular complexity index is 544. The van der Waals surface area contributed by atoms with Crippen LogP contribution in [0.25, 0.3) is 0 Å². The molecule has 0 aliphatic carbocycles. The maximum Gasteiger partial charge on any atom is 0.408 e. The number of pyridine rings is 1. The van der Waals surface area contributed by atoms with Gasteiger partial charge < -0.3 is 16.4 Å². The van der Waals surface area contributed by atoms with Crippen molar-refractivity contribution >= 4 is 23.3 Å². The van der Waals surface area contributed by atoms with Gasteiger partial charge in [-0.2, -0.15) is 13.2 Å². The summed E-state index contributed by atoms with van der Waals surface area (Å²) in [5.74, 6) is -2.48. The topological polar surface area (TPSA) is 97.1 Å². The summed E-state index contributed by atoms with van der Waals surface area (Å²) in [6.45, 7) is 0. The van der Waals surface area contributed by atoms with Crippen molar-refractivity contribution in [3.05, 3.63) is 18.3 Å². The third kappa shape index (κ3) is 3.61. The van der Waals surface area contributed by atoms with E-state index in [9.17, 15) is 22.8 Å². The fourth-order valence-corrected chi connectivity index (χ4v) is 2.01. The molecule has 4 N–H and O–H groups in total. The number of nitrogens with one attached hydrogen (secondary N) is 2. The van der Waals surface area contributed by atoms with E-state index in [2.05, 4.69) is 10.3 Å². The highest BCUT2D eigenvalue weighted by Crippen LogP contribution is 2.28. The highest BCUT2D eigenvalue weighted by atomic mass is 19.4. The highest BCUT2D eigenvalue weighted by Gasteiger charge is 2.45. The number of carbonyl (C=O) groups excluding carboxylic acids is 2. The van der Waals surface area contributed by atoms with Crippen molar-refractivity contribution in [2.45, 2.75) is 25.1 Å². The molecule has 1 aliphatic heterocycles. The molecular formula is C12H13F3N4O2. The van der Waals surface area contributed by atoms with Gasteiger partial charge >= 0.3 is 6.18 Å². The van der Waals surface area contributed by atoms with Crippen LogP contribution in [0.5, 0.6) is 0 Å². The van der Waals surface area contributed by atoms with E-state index in [1.807, 2.05) is 5.32 Å². The van der Waals surface area contributed by atoms with Crippen LogP contribution in [0.3, 0.4) is 0 Å². The maximum absolute atomic E-state index is 12.5. The standard InChI is InChI=1S/C12H13F3N4O2/c13-12(14,15)8-3-2-7(11(21)19-8)10(20)18-6-1-4-9(16)17-5-6/h1,4-5,7-8H,2-3H2,(H2,16,17)(H,18,20)(H,19,21). The number of alkyl halides is 3. The van der Waals surface area contributed by atoms with Crippen molar-refractivity contribution in [2.75, 3.05) is 11.1 Å². The zero-order valence-electron chi connectivity index (χ0n) is 10.8. The van der Waals surface area contributed by atoms with Gasteiger partial charge in [0.15, 0.2) is 0 Å². The third-order valence-electron chi connectivity index (χ3n) is 3.14. The van der Waals surface area contributed by atoms with E-state index in [0.29, 0.717) is 5.69 Å². The lowest BCUT2D eigenvalue weighted by molar-refractivity contribution is -0.170. The van der Waals surface area contributed by atoms with Crippen LogP contribution in [0.1, 0.15) is 12.8 Å². The Hall–Kier alpha value is -2.32. The first-order valence-corrected chi connectivity index (χ1v) is 6.17. The lowest BCUT2D eigenvalue weighted by Gasteiger charge is -2.29. The first-order valence-electron chi connectivity index (χ1n) is 6.17. The van der Waals surface area contributed by atoms with Gasteiger partial charge in [0, 0.05) is 0 Å². The van der Waals surface area contributed by atoms with E-state index in [1.165, 1.54) is 18.3 Å². The number of amides is 2. The van der Waals surface area contributed by atoms with Crippen LogP contribution < -0.4 is 16.4 Å². The van der Waals surface area contributed by atoms with Crippen molar-refractivity contribution in [2.24, 2.45) is 5.92 Å². The Labute approximate surface area is 117 Å². The first kappa shape index (κ1) is 15.1. The van der Waals surface area contributed by atoms with Gasteiger partial charge in [-0.1, -0.05) is 0 Å². The average Bonchev–Trinajstić information content (AvgIpc) is 2.40. The molecule has 21 heavy (non-hydrogen) atoms. The molecular weight excluding hydrogens is 289 g/mol. The molecule has 1 aliphatic rings. The summed E-state index contributed by atoms with van der Waals surface area (Å²) in [6, 6.07) is 1.04. The summed E-state index contributed by atoms with van der Waals surface area (Å²) in [7, 11) is 0. The highest BCUT2D eigenvalue weighted by molar-refractivity contribution is 6.06. The summed E-state index contributed by atoms with van der Waals surface area (Å²) >= 11 is 0. The SMILES string of the molecule is Nc1ccc(NC(=O)C2CCC(C(F)(F)F)NC2=O)cn1. The number of nitrogens with zero attached hydrogens (tertiary/aromatic N) is 1. The molecule has 2 rings (SSSR count). The van der Waals surface area contributed by atoms with Crippen molar-refractivity contribution in [3.8, 4) is 0 Å². The number of piperidine rings is 1. The predicted molar refractivity (Wildman–Crippen MR) is 68.0 cm³/mol. The van der Waals surface area contributed by atoms with Crippen LogP contribution in [-0.2, 0) is 9.59 Å². The zero-order valence-corrected chi connectivity index (χ0v) is 10.8. The third-order valence-corrected chi connectivity index (χ3v) is 3.14. The molecule has 2 amide bonds. The van der Waals surface area contributed by atoms with Crippen molar-refractivity contribution in [1.82, 2.24) is 10.3 Å². The molecule has 9 heteroatoms. The molecule has 2 heterocycles. The Balaban J connectivity index is 1.98. The second-order valence-electron chi connectivity index (χ2n) is 4.69. The molecule has 0 radical (unpaired) electrons. The number of carbonyl (C=O) groups is 2. The average molecular weight is 302 g/mol. The maximum atomic E-state index is 12.5. The van der Waals surface area contributed by atoms with E-state index >= 15 is 0 Å². The summed E-state index contributed by atoms with van der Waals surface area (Å²) in [6.07, 6.45) is -3.69. The van der Waals surface area contributed by atoms with Crippen LogP contribution in [0.4, 0.5) is 24.7 Å². The number of hydrogen-bond acceptors (Lipinski definition) is 4. The molecule has 0 bridgehead atoms. The number of nitrogens with two attached hydrogens (primary N) is 1. The van der Waals surface area contributed by atoms with E-state index in [1.54, 1.807) is 0 Å². The minimum Gasteiger partial charge on any atom is -0.384 e. The van der Waals surface area contributed by atoms with Crippen LogP contribution >= 0.6 is 0 Å². The van der Waals surface area contributed by atoms with Crippen LogP contribution in [-0.4, -0.2) is 29.0 Å².